The number of likely N-dealkylation sites (N-methyl/N-ethyl adjacent to an activating group) is 1. The maximum Gasteiger partial charge on any atom is 0.418 e. The van der Waals surface area contributed by atoms with Crippen LogP contribution in [-0.2, 0) is 11.0 Å². The van der Waals surface area contributed by atoms with Crippen molar-refractivity contribution in [2.24, 2.45) is 0 Å². The van der Waals surface area contributed by atoms with Crippen LogP contribution in [0.15, 0.2) is 54.7 Å². The molecular weight excluding hydrogens is 419 g/mol. The van der Waals surface area contributed by atoms with Crippen molar-refractivity contribution in [3.63, 3.8) is 0 Å². The highest BCUT2D eigenvalue weighted by atomic mass is 19.4. The number of alkyl halides is 3. The lowest BCUT2D eigenvalue weighted by molar-refractivity contribution is -0.136. The zero-order valence-electron chi connectivity index (χ0n) is 17.4. The highest BCUT2D eigenvalue weighted by Gasteiger charge is 2.34. The molecule has 0 aliphatic carbocycles. The van der Waals surface area contributed by atoms with Crippen LogP contribution in [0.2, 0.25) is 0 Å². The minimum absolute atomic E-state index is 0.283. The van der Waals surface area contributed by atoms with E-state index in [-0.39, 0.29) is 5.69 Å². The second kappa shape index (κ2) is 8.96. The fourth-order valence-electron chi connectivity index (χ4n) is 3.52. The first-order valence-corrected chi connectivity index (χ1v) is 10.2. The van der Waals surface area contributed by atoms with Gasteiger partial charge in [-0.3, -0.25) is 9.78 Å². The van der Waals surface area contributed by atoms with Crippen LogP contribution >= 0.6 is 0 Å². The zero-order chi connectivity index (χ0) is 22.7. The number of piperazine rings is 1. The Labute approximate surface area is 183 Å². The van der Waals surface area contributed by atoms with E-state index in [0.29, 0.717) is 35.5 Å². The molecule has 0 saturated carbocycles. The van der Waals surface area contributed by atoms with Crippen molar-refractivity contribution in [1.82, 2.24) is 14.9 Å². The van der Waals surface area contributed by atoms with Crippen LogP contribution in [-0.4, -0.2) is 54.0 Å². The fourth-order valence-corrected chi connectivity index (χ4v) is 3.52. The number of benzene rings is 2. The first-order valence-electron chi connectivity index (χ1n) is 10.2. The summed E-state index contributed by atoms with van der Waals surface area (Å²) in [6, 6.07) is 11.3. The van der Waals surface area contributed by atoms with Gasteiger partial charge in [-0.25, -0.2) is 4.98 Å². The minimum Gasteiger partial charge on any atom is -0.369 e. The van der Waals surface area contributed by atoms with Crippen LogP contribution < -0.4 is 10.2 Å². The lowest BCUT2D eigenvalue weighted by Crippen LogP contribution is -2.44. The van der Waals surface area contributed by atoms with Gasteiger partial charge in [0, 0.05) is 37.9 Å². The van der Waals surface area contributed by atoms with E-state index in [2.05, 4.69) is 20.2 Å². The van der Waals surface area contributed by atoms with Crippen LogP contribution in [0.25, 0.3) is 17.1 Å². The molecule has 2 heterocycles. The van der Waals surface area contributed by atoms with E-state index < -0.39 is 17.6 Å². The lowest BCUT2D eigenvalue weighted by atomic mass is 10.1. The van der Waals surface area contributed by atoms with E-state index in [9.17, 15) is 18.0 Å². The molecule has 1 fully saturated rings. The number of para-hydroxylation sites is 2. The summed E-state index contributed by atoms with van der Waals surface area (Å²) >= 11 is 0. The van der Waals surface area contributed by atoms with E-state index in [1.165, 1.54) is 18.3 Å². The second-order valence-electron chi connectivity index (χ2n) is 7.62. The molecule has 166 valence electrons. The van der Waals surface area contributed by atoms with Gasteiger partial charge in [-0.15, -0.1) is 0 Å². The number of halogens is 3. The summed E-state index contributed by atoms with van der Waals surface area (Å²) in [6.07, 6.45) is -0.537. The third kappa shape index (κ3) is 5.05. The van der Waals surface area contributed by atoms with Gasteiger partial charge in [0.2, 0.25) is 5.91 Å². The average molecular weight is 441 g/mol. The van der Waals surface area contributed by atoms with Crippen molar-refractivity contribution in [3.05, 3.63) is 66.0 Å². The Balaban J connectivity index is 1.51. The molecule has 1 aromatic heterocycles. The largest absolute Gasteiger partial charge is 0.418 e. The molecule has 1 saturated heterocycles. The van der Waals surface area contributed by atoms with Crippen molar-refractivity contribution >= 4 is 34.4 Å². The van der Waals surface area contributed by atoms with E-state index >= 15 is 0 Å². The average Bonchev–Trinajstić information content (AvgIpc) is 2.78. The van der Waals surface area contributed by atoms with Crippen molar-refractivity contribution in [3.8, 4) is 0 Å². The van der Waals surface area contributed by atoms with E-state index in [0.717, 1.165) is 25.2 Å². The molecule has 4 rings (SSSR count). The topological polar surface area (TPSA) is 61.4 Å². The number of rotatable bonds is 4. The van der Waals surface area contributed by atoms with Crippen LogP contribution in [0.3, 0.4) is 0 Å². The SMILES string of the molecule is CN1CCN(c2ccc(NC(=O)/C=C/c3cnc4ccccc4n3)c(C(F)(F)F)c2)CC1. The Morgan fingerprint density at radius 2 is 1.78 bits per heavy atom. The summed E-state index contributed by atoms with van der Waals surface area (Å²) in [5.74, 6) is -0.683. The number of anilines is 2. The monoisotopic (exact) mass is 441 g/mol. The van der Waals surface area contributed by atoms with Gasteiger partial charge in [0.05, 0.1) is 34.2 Å². The maximum absolute atomic E-state index is 13.7. The zero-order valence-corrected chi connectivity index (χ0v) is 17.4. The summed E-state index contributed by atoms with van der Waals surface area (Å²) in [5.41, 5.74) is 1.14. The Bertz CT molecular complexity index is 1150. The number of carbonyl (C=O) groups is 1. The van der Waals surface area contributed by atoms with Gasteiger partial charge in [0.25, 0.3) is 0 Å². The standard InChI is InChI=1S/C23H22F3N5O/c1-30-10-12-31(13-11-30)17-7-8-19(18(14-17)23(24,25)26)29-22(32)9-6-16-15-27-20-4-2-3-5-21(20)28-16/h2-9,14-15H,10-13H2,1H3,(H,29,32)/b9-6+. The van der Waals surface area contributed by atoms with Crippen LogP contribution in [0.4, 0.5) is 24.5 Å². The maximum atomic E-state index is 13.7. The molecule has 32 heavy (non-hydrogen) atoms. The molecule has 1 aliphatic heterocycles. The number of nitrogens with zero attached hydrogens (tertiary/aromatic N) is 4. The third-order valence-electron chi connectivity index (χ3n) is 5.31. The third-order valence-corrected chi connectivity index (χ3v) is 5.31. The number of hydrogen-bond acceptors (Lipinski definition) is 5. The van der Waals surface area contributed by atoms with Crippen molar-refractivity contribution in [2.75, 3.05) is 43.4 Å². The molecule has 0 radical (unpaired) electrons. The van der Waals surface area contributed by atoms with Gasteiger partial charge in [-0.1, -0.05) is 12.1 Å². The Morgan fingerprint density at radius 3 is 2.50 bits per heavy atom. The summed E-state index contributed by atoms with van der Waals surface area (Å²) in [5, 5.41) is 2.34. The van der Waals surface area contributed by atoms with Gasteiger partial charge in [0.1, 0.15) is 0 Å². The number of nitrogens with one attached hydrogen (secondary N) is 1. The predicted molar refractivity (Wildman–Crippen MR) is 118 cm³/mol. The highest BCUT2D eigenvalue weighted by molar-refractivity contribution is 6.02. The molecule has 6 nitrogen and oxygen atoms in total. The number of aromatic nitrogens is 2. The van der Waals surface area contributed by atoms with E-state index in [1.54, 1.807) is 12.1 Å². The van der Waals surface area contributed by atoms with E-state index in [1.807, 2.05) is 30.1 Å². The molecule has 0 bridgehead atoms. The Kier molecular flexibility index (Phi) is 6.09. The van der Waals surface area contributed by atoms with E-state index in [4.69, 9.17) is 0 Å². The molecule has 3 aromatic rings. The van der Waals surface area contributed by atoms with Gasteiger partial charge in [0.15, 0.2) is 0 Å². The predicted octanol–water partition coefficient (Wildman–Crippen LogP) is 4.05. The molecule has 0 atom stereocenters. The molecule has 1 amide bonds. The lowest BCUT2D eigenvalue weighted by Gasteiger charge is -2.34. The molecule has 1 N–H and O–H groups in total. The van der Waals surface area contributed by atoms with Crippen molar-refractivity contribution in [2.45, 2.75) is 6.18 Å². The summed E-state index contributed by atoms with van der Waals surface area (Å²) in [6.45, 7) is 2.86. The quantitative estimate of drug-likeness (QED) is 0.619. The number of amides is 1. The first-order chi connectivity index (χ1) is 15.3. The van der Waals surface area contributed by atoms with Crippen molar-refractivity contribution in [1.29, 1.82) is 0 Å². The van der Waals surface area contributed by atoms with Gasteiger partial charge < -0.3 is 15.1 Å². The second-order valence-corrected chi connectivity index (χ2v) is 7.62. The molecule has 9 heteroatoms. The molecule has 0 unspecified atom stereocenters. The van der Waals surface area contributed by atoms with Gasteiger partial charge in [-0.05, 0) is 43.5 Å². The molecular formula is C23H22F3N5O. The normalized spacial score (nSPS) is 15.4. The molecule has 1 aliphatic rings. The Hall–Kier alpha value is -3.46. The molecule has 0 spiro atoms. The smallest absolute Gasteiger partial charge is 0.369 e. The number of hydrogen-bond donors (Lipinski definition) is 1. The summed E-state index contributed by atoms with van der Waals surface area (Å²) in [4.78, 5) is 25.0. The van der Waals surface area contributed by atoms with Crippen LogP contribution in [0.1, 0.15) is 11.3 Å². The summed E-state index contributed by atoms with van der Waals surface area (Å²) in [7, 11) is 1.98. The van der Waals surface area contributed by atoms with Crippen LogP contribution in [0.5, 0.6) is 0 Å². The highest BCUT2D eigenvalue weighted by Crippen LogP contribution is 2.37. The number of carbonyl (C=O) groups excluding carboxylic acids is 1. The van der Waals surface area contributed by atoms with Crippen LogP contribution in [0, 0.1) is 0 Å². The fraction of sp³-hybridized carbons (Fsp3) is 0.261. The number of fused-ring (bicyclic) bond motifs is 1. The summed E-state index contributed by atoms with van der Waals surface area (Å²) < 4.78 is 41.1. The van der Waals surface area contributed by atoms with Gasteiger partial charge >= 0.3 is 6.18 Å². The van der Waals surface area contributed by atoms with Gasteiger partial charge in [-0.2, -0.15) is 13.2 Å². The Morgan fingerprint density at radius 1 is 1.06 bits per heavy atom. The molecule has 2 aromatic carbocycles. The minimum atomic E-state index is -4.60. The van der Waals surface area contributed by atoms with Crippen molar-refractivity contribution < 1.29 is 18.0 Å². The first kappa shape index (κ1) is 21.8.